The molecule has 2 fully saturated rings. The molecule has 13 heavy (non-hydrogen) atoms. The van der Waals surface area contributed by atoms with Crippen LogP contribution in [0.15, 0.2) is 0 Å². The van der Waals surface area contributed by atoms with Crippen LogP contribution in [0.2, 0.25) is 0 Å². The second-order valence-corrected chi connectivity index (χ2v) is 3.66. The minimum Gasteiger partial charge on any atom is -0.383 e. The first-order valence-corrected chi connectivity index (χ1v) is 4.97. The molecule has 0 amide bonds. The molecule has 0 unspecified atom stereocenters. The number of nitrogens with one attached hydrogen (secondary N) is 1. The molecule has 0 bridgehead atoms. The van der Waals surface area contributed by atoms with Crippen molar-refractivity contribution in [2.24, 2.45) is 0 Å². The second kappa shape index (κ2) is 4.37. The third-order valence-corrected chi connectivity index (χ3v) is 2.89. The maximum absolute atomic E-state index is 5.67. The van der Waals surface area contributed by atoms with Crippen LogP contribution in [-0.4, -0.2) is 63.5 Å². The Hall–Kier alpha value is -0.160. The summed E-state index contributed by atoms with van der Waals surface area (Å²) in [7, 11) is 1.75. The van der Waals surface area contributed by atoms with Crippen LogP contribution in [0.25, 0.3) is 0 Å². The van der Waals surface area contributed by atoms with E-state index < -0.39 is 0 Å². The van der Waals surface area contributed by atoms with Crippen LogP contribution in [0.4, 0.5) is 0 Å². The van der Waals surface area contributed by atoms with E-state index >= 15 is 0 Å². The van der Waals surface area contributed by atoms with Crippen molar-refractivity contribution in [1.82, 2.24) is 10.2 Å². The highest BCUT2D eigenvalue weighted by atomic mass is 16.5. The van der Waals surface area contributed by atoms with Crippen LogP contribution >= 0.6 is 0 Å². The Morgan fingerprint density at radius 1 is 1.54 bits per heavy atom. The van der Waals surface area contributed by atoms with Gasteiger partial charge in [0, 0.05) is 39.3 Å². The summed E-state index contributed by atoms with van der Waals surface area (Å²) in [5, 5.41) is 3.36. The Morgan fingerprint density at radius 3 is 3.31 bits per heavy atom. The average Bonchev–Trinajstić information content (AvgIpc) is 2.62. The van der Waals surface area contributed by atoms with Gasteiger partial charge in [0.05, 0.1) is 19.3 Å². The topological polar surface area (TPSA) is 33.7 Å². The highest BCUT2D eigenvalue weighted by Gasteiger charge is 2.35. The molecule has 4 nitrogen and oxygen atoms in total. The van der Waals surface area contributed by atoms with E-state index in [2.05, 4.69) is 10.2 Å². The predicted octanol–water partition coefficient (Wildman–Crippen LogP) is -0.695. The van der Waals surface area contributed by atoms with Gasteiger partial charge < -0.3 is 14.8 Å². The van der Waals surface area contributed by atoms with Gasteiger partial charge in [-0.2, -0.15) is 0 Å². The summed E-state index contributed by atoms with van der Waals surface area (Å²) in [6.45, 7) is 5.84. The molecule has 0 aromatic rings. The molecule has 0 aromatic carbocycles. The third kappa shape index (κ3) is 2.02. The van der Waals surface area contributed by atoms with E-state index in [4.69, 9.17) is 9.47 Å². The van der Waals surface area contributed by atoms with E-state index in [1.54, 1.807) is 7.11 Å². The van der Waals surface area contributed by atoms with Gasteiger partial charge in [-0.05, 0) is 0 Å². The molecule has 0 spiro atoms. The van der Waals surface area contributed by atoms with Crippen LogP contribution in [0.5, 0.6) is 0 Å². The standard InChI is InChI=1S/C9H18N2O2/c1-12-4-2-11-3-5-13-9-7-10-6-8(9)11/h8-10H,2-7H2,1H3/t8-,9+/m1/s1. The van der Waals surface area contributed by atoms with Crippen molar-refractivity contribution >= 4 is 0 Å². The molecule has 0 aromatic heterocycles. The largest absolute Gasteiger partial charge is 0.383 e. The number of rotatable bonds is 3. The van der Waals surface area contributed by atoms with Gasteiger partial charge in [-0.25, -0.2) is 0 Å². The quantitative estimate of drug-likeness (QED) is 0.632. The zero-order valence-corrected chi connectivity index (χ0v) is 8.16. The minimum atomic E-state index is 0.408. The SMILES string of the molecule is COCCN1CCO[C@H]2CNC[C@H]21. The molecule has 2 rings (SSSR count). The molecule has 2 heterocycles. The molecule has 2 aliphatic rings. The number of fused-ring (bicyclic) bond motifs is 1. The number of morpholine rings is 1. The van der Waals surface area contributed by atoms with Gasteiger partial charge in [0.1, 0.15) is 0 Å². The van der Waals surface area contributed by atoms with Crippen LogP contribution < -0.4 is 5.32 Å². The first-order valence-electron chi connectivity index (χ1n) is 4.97. The predicted molar refractivity (Wildman–Crippen MR) is 49.8 cm³/mol. The van der Waals surface area contributed by atoms with E-state index in [-0.39, 0.29) is 0 Å². The van der Waals surface area contributed by atoms with E-state index in [1.807, 2.05) is 0 Å². The molecule has 76 valence electrons. The normalized spacial score (nSPS) is 34.8. The Kier molecular flexibility index (Phi) is 3.16. The molecule has 0 aliphatic carbocycles. The van der Waals surface area contributed by atoms with Gasteiger partial charge in [0.15, 0.2) is 0 Å². The smallest absolute Gasteiger partial charge is 0.0867 e. The van der Waals surface area contributed by atoms with Gasteiger partial charge in [-0.3, -0.25) is 4.90 Å². The first-order chi connectivity index (χ1) is 6.42. The summed E-state index contributed by atoms with van der Waals surface area (Å²) >= 11 is 0. The Bertz CT molecular complexity index is 166. The Labute approximate surface area is 79.2 Å². The summed E-state index contributed by atoms with van der Waals surface area (Å²) in [6.07, 6.45) is 0.408. The van der Waals surface area contributed by atoms with Crippen molar-refractivity contribution < 1.29 is 9.47 Å². The summed E-state index contributed by atoms with van der Waals surface area (Å²) in [4.78, 5) is 2.47. The second-order valence-electron chi connectivity index (χ2n) is 3.66. The molecule has 0 saturated carbocycles. The third-order valence-electron chi connectivity index (χ3n) is 2.89. The molecule has 2 saturated heterocycles. The van der Waals surface area contributed by atoms with E-state index in [0.29, 0.717) is 12.1 Å². The van der Waals surface area contributed by atoms with Gasteiger partial charge in [0.2, 0.25) is 0 Å². The molecular weight excluding hydrogens is 168 g/mol. The lowest BCUT2D eigenvalue weighted by Gasteiger charge is -2.36. The van der Waals surface area contributed by atoms with E-state index in [0.717, 1.165) is 39.4 Å². The molecule has 0 radical (unpaired) electrons. The van der Waals surface area contributed by atoms with Gasteiger partial charge >= 0.3 is 0 Å². The molecule has 4 heteroatoms. The summed E-state index contributed by atoms with van der Waals surface area (Å²) in [5.41, 5.74) is 0. The number of hydrogen-bond donors (Lipinski definition) is 1. The zero-order valence-electron chi connectivity index (χ0n) is 8.16. The Morgan fingerprint density at radius 2 is 2.46 bits per heavy atom. The van der Waals surface area contributed by atoms with Crippen LogP contribution in [-0.2, 0) is 9.47 Å². The van der Waals surface area contributed by atoms with Gasteiger partial charge in [-0.15, -0.1) is 0 Å². The zero-order chi connectivity index (χ0) is 9.10. The van der Waals surface area contributed by atoms with Crippen molar-refractivity contribution in [2.75, 3.05) is 46.5 Å². The van der Waals surface area contributed by atoms with Crippen LogP contribution in [0.1, 0.15) is 0 Å². The van der Waals surface area contributed by atoms with E-state index in [9.17, 15) is 0 Å². The van der Waals surface area contributed by atoms with Crippen molar-refractivity contribution in [3.05, 3.63) is 0 Å². The maximum Gasteiger partial charge on any atom is 0.0867 e. The fourth-order valence-electron chi connectivity index (χ4n) is 2.15. The molecule has 1 N–H and O–H groups in total. The molecule has 2 aliphatic heterocycles. The highest BCUT2D eigenvalue weighted by Crippen LogP contribution is 2.16. The summed E-state index contributed by atoms with van der Waals surface area (Å²) in [5.74, 6) is 0. The van der Waals surface area contributed by atoms with Crippen molar-refractivity contribution in [3.8, 4) is 0 Å². The minimum absolute atomic E-state index is 0.408. The Balaban J connectivity index is 1.86. The van der Waals surface area contributed by atoms with Crippen LogP contribution in [0, 0.1) is 0 Å². The summed E-state index contributed by atoms with van der Waals surface area (Å²) in [6, 6.07) is 0.573. The summed E-state index contributed by atoms with van der Waals surface area (Å²) < 4.78 is 10.8. The lowest BCUT2D eigenvalue weighted by atomic mass is 10.1. The van der Waals surface area contributed by atoms with Gasteiger partial charge in [0.25, 0.3) is 0 Å². The average molecular weight is 186 g/mol. The fourth-order valence-corrected chi connectivity index (χ4v) is 2.15. The number of nitrogens with zero attached hydrogens (tertiary/aromatic N) is 1. The van der Waals surface area contributed by atoms with Crippen molar-refractivity contribution in [3.63, 3.8) is 0 Å². The fraction of sp³-hybridized carbons (Fsp3) is 1.00. The molecular formula is C9H18N2O2. The first kappa shape index (κ1) is 9.40. The number of ether oxygens (including phenoxy) is 2. The van der Waals surface area contributed by atoms with Crippen LogP contribution in [0.3, 0.4) is 0 Å². The maximum atomic E-state index is 5.67. The van der Waals surface area contributed by atoms with Crippen molar-refractivity contribution in [2.45, 2.75) is 12.1 Å². The monoisotopic (exact) mass is 186 g/mol. The van der Waals surface area contributed by atoms with Crippen molar-refractivity contribution in [1.29, 1.82) is 0 Å². The highest BCUT2D eigenvalue weighted by molar-refractivity contribution is 4.92. The lowest BCUT2D eigenvalue weighted by Crippen LogP contribution is -2.51. The molecule has 2 atom stereocenters. The van der Waals surface area contributed by atoms with E-state index in [1.165, 1.54) is 0 Å². The number of hydrogen-bond acceptors (Lipinski definition) is 4. The lowest BCUT2D eigenvalue weighted by molar-refractivity contribution is -0.0523. The number of methoxy groups -OCH3 is 1. The van der Waals surface area contributed by atoms with Gasteiger partial charge in [-0.1, -0.05) is 0 Å².